The highest BCUT2D eigenvalue weighted by molar-refractivity contribution is 5.92. The number of aromatic nitrogens is 1. The molecule has 1 aromatic heterocycles. The second-order valence-electron chi connectivity index (χ2n) is 13.8. The van der Waals surface area contributed by atoms with E-state index in [1.807, 2.05) is 56.3 Å². The van der Waals surface area contributed by atoms with Gasteiger partial charge in [0.25, 0.3) is 0 Å². The van der Waals surface area contributed by atoms with Gasteiger partial charge in [0.1, 0.15) is 6.61 Å². The Bertz CT molecular complexity index is 1930. The van der Waals surface area contributed by atoms with Gasteiger partial charge in [-0.2, -0.15) is 0 Å². The molecule has 0 fully saturated rings. The van der Waals surface area contributed by atoms with Crippen molar-refractivity contribution >= 4 is 28.7 Å². The molecule has 5 aromatic rings. The number of ketones is 1. The molecule has 0 spiro atoms. The van der Waals surface area contributed by atoms with E-state index in [9.17, 15) is 19.5 Å². The van der Waals surface area contributed by atoms with Gasteiger partial charge in [0.05, 0.1) is 12.0 Å². The Hall–Kier alpha value is -5.17. The maximum atomic E-state index is 14.1. The number of rotatable bonds is 13. The van der Waals surface area contributed by atoms with E-state index in [-0.39, 0.29) is 37.1 Å². The van der Waals surface area contributed by atoms with Crippen LogP contribution in [0.1, 0.15) is 60.4 Å². The number of hydrogen-bond acceptors (Lipinski definition) is 4. The van der Waals surface area contributed by atoms with Crippen molar-refractivity contribution in [3.8, 4) is 11.1 Å². The Kier molecular flexibility index (Phi) is 10.00. The molecule has 7 heteroatoms. The molecule has 0 unspecified atom stereocenters. The van der Waals surface area contributed by atoms with E-state index in [0.29, 0.717) is 13.0 Å². The number of aliphatic carboxylic acids is 1. The maximum absolute atomic E-state index is 14.1. The molecule has 2 atom stereocenters. The zero-order chi connectivity index (χ0) is 34.7. The number of fused-ring (bicyclic) bond motifs is 4. The van der Waals surface area contributed by atoms with Crippen LogP contribution in [0.15, 0.2) is 103 Å². The van der Waals surface area contributed by atoms with Crippen molar-refractivity contribution in [2.45, 2.75) is 58.5 Å². The van der Waals surface area contributed by atoms with Gasteiger partial charge in [-0.3, -0.25) is 9.59 Å². The first-order valence-corrected chi connectivity index (χ1v) is 17.1. The van der Waals surface area contributed by atoms with Gasteiger partial charge in [0.15, 0.2) is 5.78 Å². The minimum absolute atomic E-state index is 0.104. The lowest BCUT2D eigenvalue weighted by atomic mass is 9.89. The third-order valence-electron chi connectivity index (χ3n) is 9.77. The van der Waals surface area contributed by atoms with Gasteiger partial charge in [-0.25, -0.2) is 4.79 Å². The summed E-state index contributed by atoms with van der Waals surface area (Å²) < 4.78 is 8.15. The number of carbonyl (C=O) groups is 3. The first-order chi connectivity index (χ1) is 23.6. The second-order valence-corrected chi connectivity index (χ2v) is 13.8. The molecule has 0 aliphatic heterocycles. The largest absolute Gasteiger partial charge is 0.481 e. The monoisotopic (exact) mass is 656 g/mol. The fourth-order valence-corrected chi connectivity index (χ4v) is 7.22. The number of carbonyl (C=O) groups excluding carboxylic acids is 2. The SMILES string of the molecule is Cc1ccc(Cn2cc(C[C@@H](C(=O)C[C@@H](CC(C)C)C(=O)O)N(C)C(=O)OCC3c4ccccc4-c4ccccc43)c3ccccc32)cc1. The summed E-state index contributed by atoms with van der Waals surface area (Å²) in [7, 11) is 1.59. The zero-order valence-corrected chi connectivity index (χ0v) is 28.6. The van der Waals surface area contributed by atoms with E-state index in [2.05, 4.69) is 72.3 Å². The summed E-state index contributed by atoms with van der Waals surface area (Å²) in [4.78, 5) is 41.5. The molecule has 1 aliphatic rings. The first kappa shape index (κ1) is 33.7. The highest BCUT2D eigenvalue weighted by Crippen LogP contribution is 2.44. The van der Waals surface area contributed by atoms with Crippen LogP contribution in [0.2, 0.25) is 0 Å². The number of para-hydroxylation sites is 1. The fraction of sp³-hybridized carbons (Fsp3) is 0.310. The Morgan fingerprint density at radius 2 is 1.47 bits per heavy atom. The standard InChI is InChI=1S/C42H44N2O5/c1-27(2)21-30(41(46)47)23-40(45)39(22-31-25-44(38-16-10-9-11-32(31)38)24-29-19-17-28(3)18-20-29)43(4)42(48)49-26-37-35-14-7-5-12-33(35)34-13-6-8-15-36(34)37/h5-20,25,27,30,37,39H,21-24,26H2,1-4H3,(H,46,47)/t30-,39+/m1/s1. The molecule has 252 valence electrons. The average molecular weight is 657 g/mol. The van der Waals surface area contributed by atoms with Crippen molar-refractivity contribution in [3.63, 3.8) is 0 Å². The molecule has 0 saturated heterocycles. The van der Waals surface area contributed by atoms with Crippen molar-refractivity contribution in [2.75, 3.05) is 13.7 Å². The van der Waals surface area contributed by atoms with Crippen molar-refractivity contribution in [1.29, 1.82) is 0 Å². The summed E-state index contributed by atoms with van der Waals surface area (Å²) >= 11 is 0. The number of ether oxygens (including phenoxy) is 1. The number of carboxylic acids is 1. The molecule has 4 aromatic carbocycles. The van der Waals surface area contributed by atoms with Crippen LogP contribution in [0.4, 0.5) is 4.79 Å². The summed E-state index contributed by atoms with van der Waals surface area (Å²) in [6.45, 7) is 6.73. The second kappa shape index (κ2) is 14.5. The minimum atomic E-state index is -1.00. The Balaban J connectivity index is 1.28. The summed E-state index contributed by atoms with van der Waals surface area (Å²) in [5.41, 5.74) is 8.75. The van der Waals surface area contributed by atoms with Gasteiger partial charge >= 0.3 is 12.1 Å². The van der Waals surface area contributed by atoms with Crippen LogP contribution >= 0.6 is 0 Å². The van der Waals surface area contributed by atoms with Gasteiger partial charge in [-0.05, 0) is 58.7 Å². The van der Waals surface area contributed by atoms with Crippen LogP contribution in [0.25, 0.3) is 22.0 Å². The lowest BCUT2D eigenvalue weighted by molar-refractivity contribution is -0.144. The number of hydrogen-bond donors (Lipinski definition) is 1. The number of Topliss-reactive ketones (excluding diaryl/α,β-unsaturated/α-hetero) is 1. The molecule has 7 nitrogen and oxygen atoms in total. The van der Waals surface area contributed by atoms with Crippen LogP contribution in [0, 0.1) is 18.8 Å². The van der Waals surface area contributed by atoms with Crippen molar-refractivity contribution < 1.29 is 24.2 Å². The van der Waals surface area contributed by atoms with E-state index < -0.39 is 24.0 Å². The summed E-state index contributed by atoms with van der Waals surface area (Å²) in [6.07, 6.45) is 1.88. The van der Waals surface area contributed by atoms with Gasteiger partial charge in [-0.15, -0.1) is 0 Å². The highest BCUT2D eigenvalue weighted by Gasteiger charge is 2.34. The number of carboxylic acid groups (broad SMARTS) is 1. The number of benzene rings is 4. The predicted octanol–water partition coefficient (Wildman–Crippen LogP) is 8.50. The van der Waals surface area contributed by atoms with Crippen LogP contribution in [-0.2, 0) is 27.3 Å². The Labute approximate surface area is 288 Å². The van der Waals surface area contributed by atoms with Gasteiger partial charge in [0, 0.05) is 49.5 Å². The lowest BCUT2D eigenvalue weighted by Crippen LogP contribution is -2.45. The van der Waals surface area contributed by atoms with Gasteiger partial charge in [0.2, 0.25) is 0 Å². The third kappa shape index (κ3) is 7.31. The van der Waals surface area contributed by atoms with Gasteiger partial charge < -0.3 is 19.3 Å². The van der Waals surface area contributed by atoms with Crippen LogP contribution in [0.3, 0.4) is 0 Å². The number of amides is 1. The van der Waals surface area contributed by atoms with Crippen LogP contribution < -0.4 is 0 Å². The predicted molar refractivity (Wildman–Crippen MR) is 193 cm³/mol. The quantitative estimate of drug-likeness (QED) is 0.137. The van der Waals surface area contributed by atoms with E-state index in [1.165, 1.54) is 10.5 Å². The fourth-order valence-electron chi connectivity index (χ4n) is 7.22. The summed E-state index contributed by atoms with van der Waals surface area (Å²) in [5.74, 6) is -2.15. The highest BCUT2D eigenvalue weighted by atomic mass is 16.6. The molecule has 1 heterocycles. The number of aryl methyl sites for hydroxylation is 1. The third-order valence-corrected chi connectivity index (χ3v) is 9.77. The topological polar surface area (TPSA) is 88.8 Å². The summed E-state index contributed by atoms with van der Waals surface area (Å²) in [5, 5.41) is 11.0. The van der Waals surface area contributed by atoms with E-state index in [0.717, 1.165) is 44.3 Å². The molecular weight excluding hydrogens is 612 g/mol. The van der Waals surface area contributed by atoms with Crippen LogP contribution in [-0.4, -0.2) is 52.1 Å². The molecule has 49 heavy (non-hydrogen) atoms. The van der Waals surface area contributed by atoms with Crippen LogP contribution in [0.5, 0.6) is 0 Å². The molecular formula is C42H44N2O5. The number of likely N-dealkylation sites (N-methyl/N-ethyl adjacent to an activating group) is 1. The molecule has 1 amide bonds. The minimum Gasteiger partial charge on any atom is -0.481 e. The number of nitrogens with zero attached hydrogens (tertiary/aromatic N) is 2. The lowest BCUT2D eigenvalue weighted by Gasteiger charge is -2.28. The molecule has 0 saturated carbocycles. The maximum Gasteiger partial charge on any atom is 0.410 e. The molecule has 6 rings (SSSR count). The molecule has 1 N–H and O–H groups in total. The van der Waals surface area contributed by atoms with E-state index in [4.69, 9.17) is 4.74 Å². The Morgan fingerprint density at radius 1 is 0.857 bits per heavy atom. The molecule has 0 radical (unpaired) electrons. The van der Waals surface area contributed by atoms with E-state index in [1.54, 1.807) is 7.05 Å². The van der Waals surface area contributed by atoms with Crippen molar-refractivity contribution in [1.82, 2.24) is 9.47 Å². The molecule has 1 aliphatic carbocycles. The normalized spacial score (nSPS) is 13.6. The van der Waals surface area contributed by atoms with Gasteiger partial charge in [-0.1, -0.05) is 110 Å². The smallest absolute Gasteiger partial charge is 0.410 e. The Morgan fingerprint density at radius 3 is 2.10 bits per heavy atom. The summed E-state index contributed by atoms with van der Waals surface area (Å²) in [6, 6.07) is 31.9. The van der Waals surface area contributed by atoms with Crippen molar-refractivity contribution in [2.24, 2.45) is 11.8 Å². The zero-order valence-electron chi connectivity index (χ0n) is 28.6. The molecule has 0 bridgehead atoms. The van der Waals surface area contributed by atoms with Crippen molar-refractivity contribution in [3.05, 3.63) is 131 Å². The average Bonchev–Trinajstić information content (AvgIpc) is 3.61. The van der Waals surface area contributed by atoms with E-state index >= 15 is 0 Å². The first-order valence-electron chi connectivity index (χ1n) is 17.1.